The predicted octanol–water partition coefficient (Wildman–Crippen LogP) is 2.76. The highest BCUT2D eigenvalue weighted by Crippen LogP contribution is 2.26. The van der Waals surface area contributed by atoms with E-state index in [4.69, 9.17) is 10.9 Å². The first kappa shape index (κ1) is 15.5. The van der Waals surface area contributed by atoms with Gasteiger partial charge >= 0.3 is 0 Å². The summed E-state index contributed by atoms with van der Waals surface area (Å²) in [5.74, 6) is 0.233. The van der Waals surface area contributed by atoms with E-state index in [1.54, 1.807) is 11.3 Å². The zero-order valence-electron chi connectivity index (χ0n) is 12.2. The first-order valence-corrected chi connectivity index (χ1v) is 7.60. The lowest BCUT2D eigenvalue weighted by Crippen LogP contribution is -2.28. The van der Waals surface area contributed by atoms with Gasteiger partial charge < -0.3 is 10.9 Å². The molecule has 0 radical (unpaired) electrons. The Kier molecular flexibility index (Phi) is 5.30. The van der Waals surface area contributed by atoms with E-state index in [9.17, 15) is 0 Å². The summed E-state index contributed by atoms with van der Waals surface area (Å²) in [6, 6.07) is 10.2. The standard InChI is InChI=1S/C15H20N4OS/c1-11-14(21-10-17-11)9-19(2)13(8-15(16)18-20)12-6-4-3-5-7-12/h3-7,10,13,20H,8-9H2,1-2H3,(H2,16,18). The number of thiazole rings is 1. The van der Waals surface area contributed by atoms with E-state index in [1.165, 1.54) is 4.88 Å². The van der Waals surface area contributed by atoms with Crippen LogP contribution in [0.4, 0.5) is 0 Å². The van der Waals surface area contributed by atoms with Crippen molar-refractivity contribution in [1.29, 1.82) is 0 Å². The molecule has 1 atom stereocenters. The summed E-state index contributed by atoms with van der Waals surface area (Å²) in [6.45, 7) is 2.80. The summed E-state index contributed by atoms with van der Waals surface area (Å²) in [6.07, 6.45) is 0.481. The van der Waals surface area contributed by atoms with E-state index in [2.05, 4.69) is 27.2 Å². The van der Waals surface area contributed by atoms with Crippen LogP contribution in [-0.4, -0.2) is 28.0 Å². The summed E-state index contributed by atoms with van der Waals surface area (Å²) in [5, 5.41) is 12.0. The van der Waals surface area contributed by atoms with Crippen LogP contribution in [0.15, 0.2) is 41.0 Å². The second-order valence-electron chi connectivity index (χ2n) is 5.00. The van der Waals surface area contributed by atoms with Crippen LogP contribution >= 0.6 is 11.3 Å². The molecule has 0 aliphatic rings. The third-order valence-electron chi connectivity index (χ3n) is 3.49. The fraction of sp³-hybridized carbons (Fsp3) is 0.333. The number of nitrogens with zero attached hydrogens (tertiary/aromatic N) is 3. The van der Waals surface area contributed by atoms with Crippen LogP contribution in [0, 0.1) is 6.92 Å². The average molecular weight is 304 g/mol. The first-order valence-electron chi connectivity index (χ1n) is 6.72. The van der Waals surface area contributed by atoms with Crippen molar-refractivity contribution in [3.8, 4) is 0 Å². The maximum absolute atomic E-state index is 8.85. The third-order valence-corrected chi connectivity index (χ3v) is 4.41. The number of hydrogen-bond acceptors (Lipinski definition) is 5. The van der Waals surface area contributed by atoms with Gasteiger partial charge in [0.1, 0.15) is 5.84 Å². The van der Waals surface area contributed by atoms with Crippen molar-refractivity contribution in [2.45, 2.75) is 25.9 Å². The topological polar surface area (TPSA) is 74.7 Å². The zero-order chi connectivity index (χ0) is 15.2. The van der Waals surface area contributed by atoms with E-state index in [1.807, 2.05) is 37.7 Å². The van der Waals surface area contributed by atoms with Gasteiger partial charge in [-0.1, -0.05) is 35.5 Å². The molecule has 5 nitrogen and oxygen atoms in total. The Hall–Kier alpha value is -1.92. The molecule has 2 rings (SSSR count). The number of nitrogens with two attached hydrogens (primary N) is 1. The van der Waals surface area contributed by atoms with Crippen molar-refractivity contribution in [1.82, 2.24) is 9.88 Å². The van der Waals surface area contributed by atoms with E-state index >= 15 is 0 Å². The van der Waals surface area contributed by atoms with Gasteiger partial charge in [0.15, 0.2) is 0 Å². The Balaban J connectivity index is 2.20. The second kappa shape index (κ2) is 7.19. The van der Waals surface area contributed by atoms with Gasteiger partial charge in [-0.2, -0.15) is 0 Å². The van der Waals surface area contributed by atoms with Crippen LogP contribution in [0.25, 0.3) is 0 Å². The number of amidine groups is 1. The van der Waals surface area contributed by atoms with Gasteiger partial charge in [-0.3, -0.25) is 4.90 Å². The second-order valence-corrected chi connectivity index (χ2v) is 5.94. The van der Waals surface area contributed by atoms with Crippen LogP contribution in [0.2, 0.25) is 0 Å². The smallest absolute Gasteiger partial charge is 0.141 e. The molecule has 21 heavy (non-hydrogen) atoms. The van der Waals surface area contributed by atoms with Gasteiger partial charge in [0.2, 0.25) is 0 Å². The number of hydrogen-bond donors (Lipinski definition) is 2. The number of aryl methyl sites for hydroxylation is 1. The van der Waals surface area contributed by atoms with Crippen LogP contribution in [0.1, 0.15) is 28.6 Å². The highest BCUT2D eigenvalue weighted by molar-refractivity contribution is 7.09. The molecular weight excluding hydrogens is 284 g/mol. The summed E-state index contributed by atoms with van der Waals surface area (Å²) >= 11 is 1.65. The molecule has 0 spiro atoms. The molecule has 1 aromatic carbocycles. The van der Waals surface area contributed by atoms with Crippen molar-refractivity contribution < 1.29 is 5.21 Å². The van der Waals surface area contributed by atoms with Crippen LogP contribution < -0.4 is 5.73 Å². The fourth-order valence-corrected chi connectivity index (χ4v) is 3.10. The summed E-state index contributed by atoms with van der Waals surface area (Å²) in [7, 11) is 2.04. The lowest BCUT2D eigenvalue weighted by Gasteiger charge is -2.28. The number of oxime groups is 1. The molecule has 0 saturated carbocycles. The summed E-state index contributed by atoms with van der Waals surface area (Å²) in [4.78, 5) is 7.72. The van der Waals surface area contributed by atoms with Crippen LogP contribution in [0.5, 0.6) is 0 Å². The molecule has 0 aliphatic carbocycles. The van der Waals surface area contributed by atoms with Crippen molar-refractivity contribution in [2.24, 2.45) is 10.9 Å². The molecule has 1 unspecified atom stereocenters. The molecule has 0 fully saturated rings. The number of rotatable bonds is 6. The normalized spacial score (nSPS) is 13.6. The van der Waals surface area contributed by atoms with Gasteiger partial charge in [-0.15, -0.1) is 11.3 Å². The molecule has 0 bridgehead atoms. The van der Waals surface area contributed by atoms with E-state index in [0.717, 1.165) is 17.8 Å². The minimum Gasteiger partial charge on any atom is -0.409 e. The van der Waals surface area contributed by atoms with E-state index < -0.39 is 0 Å². The van der Waals surface area contributed by atoms with Crippen molar-refractivity contribution in [3.63, 3.8) is 0 Å². The Bertz CT molecular complexity index is 597. The van der Waals surface area contributed by atoms with Gasteiger partial charge in [0.25, 0.3) is 0 Å². The molecule has 112 valence electrons. The Morgan fingerprint density at radius 2 is 2.14 bits per heavy atom. The Morgan fingerprint density at radius 3 is 2.71 bits per heavy atom. The first-order chi connectivity index (χ1) is 10.1. The molecule has 0 saturated heterocycles. The van der Waals surface area contributed by atoms with Gasteiger partial charge in [-0.05, 0) is 19.5 Å². The summed E-state index contributed by atoms with van der Waals surface area (Å²) in [5.41, 5.74) is 9.78. The zero-order valence-corrected chi connectivity index (χ0v) is 13.0. The Morgan fingerprint density at radius 1 is 1.43 bits per heavy atom. The number of aromatic nitrogens is 1. The Labute approximate surface area is 128 Å². The molecule has 3 N–H and O–H groups in total. The lowest BCUT2D eigenvalue weighted by atomic mass is 10.0. The molecular formula is C15H20N4OS. The van der Waals surface area contributed by atoms with Crippen LogP contribution in [-0.2, 0) is 6.54 Å². The van der Waals surface area contributed by atoms with E-state index in [0.29, 0.717) is 6.42 Å². The van der Waals surface area contributed by atoms with Crippen molar-refractivity contribution in [2.75, 3.05) is 7.05 Å². The third kappa shape index (κ3) is 4.03. The maximum atomic E-state index is 8.85. The SMILES string of the molecule is Cc1ncsc1CN(C)C(CC(N)=NO)c1ccccc1. The average Bonchev–Trinajstić information content (AvgIpc) is 2.90. The van der Waals surface area contributed by atoms with Gasteiger partial charge in [-0.25, -0.2) is 4.98 Å². The largest absolute Gasteiger partial charge is 0.409 e. The van der Waals surface area contributed by atoms with E-state index in [-0.39, 0.29) is 11.9 Å². The molecule has 0 aliphatic heterocycles. The molecule has 2 aromatic rings. The lowest BCUT2D eigenvalue weighted by molar-refractivity contribution is 0.240. The van der Waals surface area contributed by atoms with Crippen LogP contribution in [0.3, 0.4) is 0 Å². The van der Waals surface area contributed by atoms with Gasteiger partial charge in [0, 0.05) is 23.9 Å². The molecule has 1 heterocycles. The maximum Gasteiger partial charge on any atom is 0.141 e. The number of benzene rings is 1. The minimum absolute atomic E-state index is 0.0589. The van der Waals surface area contributed by atoms with Crippen molar-refractivity contribution >= 4 is 17.2 Å². The quantitative estimate of drug-likeness (QED) is 0.372. The van der Waals surface area contributed by atoms with Gasteiger partial charge in [0.05, 0.1) is 11.2 Å². The molecule has 0 amide bonds. The molecule has 6 heteroatoms. The highest BCUT2D eigenvalue weighted by Gasteiger charge is 2.20. The monoisotopic (exact) mass is 304 g/mol. The fourth-order valence-electron chi connectivity index (χ4n) is 2.26. The highest BCUT2D eigenvalue weighted by atomic mass is 32.1. The predicted molar refractivity (Wildman–Crippen MR) is 85.5 cm³/mol. The molecule has 1 aromatic heterocycles. The minimum atomic E-state index is 0.0589. The van der Waals surface area contributed by atoms with Crippen molar-refractivity contribution in [3.05, 3.63) is 52.0 Å². The summed E-state index contributed by atoms with van der Waals surface area (Å²) < 4.78 is 0.